The second kappa shape index (κ2) is 6.98. The van der Waals surface area contributed by atoms with Crippen molar-refractivity contribution in [2.45, 2.75) is 38.3 Å². The lowest BCUT2D eigenvalue weighted by Crippen LogP contribution is -2.33. The van der Waals surface area contributed by atoms with Crippen molar-refractivity contribution < 1.29 is 18.7 Å². The molecule has 1 aromatic heterocycles. The first-order chi connectivity index (χ1) is 13.8. The molecule has 4 rings (SSSR count). The van der Waals surface area contributed by atoms with Crippen LogP contribution in [0.4, 0.5) is 20.2 Å². The fourth-order valence-electron chi connectivity index (χ4n) is 4.26. The molecule has 1 saturated carbocycles. The van der Waals surface area contributed by atoms with Crippen LogP contribution in [0.25, 0.3) is 10.9 Å². The van der Waals surface area contributed by atoms with E-state index in [4.69, 9.17) is 5.73 Å². The Balaban J connectivity index is 1.95. The topological polar surface area (TPSA) is 101 Å². The first-order valence-electron chi connectivity index (χ1n) is 9.77. The Labute approximate surface area is 166 Å². The summed E-state index contributed by atoms with van der Waals surface area (Å²) in [5.41, 5.74) is 3.61. The van der Waals surface area contributed by atoms with Crippen molar-refractivity contribution in [1.29, 1.82) is 0 Å². The summed E-state index contributed by atoms with van der Waals surface area (Å²) in [6, 6.07) is 0.0609. The Morgan fingerprint density at radius 3 is 2.59 bits per heavy atom. The van der Waals surface area contributed by atoms with Crippen molar-refractivity contribution in [3.05, 3.63) is 33.6 Å². The second-order valence-electron chi connectivity index (χ2n) is 8.00. The van der Waals surface area contributed by atoms with E-state index in [2.05, 4.69) is 5.32 Å². The fraction of sp³-hybridized carbons (Fsp3) is 0.500. The van der Waals surface area contributed by atoms with Gasteiger partial charge in [-0.05, 0) is 39.2 Å². The molecule has 0 radical (unpaired) electrons. The zero-order valence-electron chi connectivity index (χ0n) is 16.3. The maximum absolute atomic E-state index is 15.7. The van der Waals surface area contributed by atoms with Gasteiger partial charge in [-0.15, -0.1) is 0 Å². The van der Waals surface area contributed by atoms with Crippen LogP contribution < -0.4 is 21.4 Å². The molecule has 1 aromatic carbocycles. The number of carbonyl (C=O) groups is 1. The van der Waals surface area contributed by atoms with Gasteiger partial charge in [0.15, 0.2) is 11.6 Å². The van der Waals surface area contributed by atoms with Crippen molar-refractivity contribution in [3.63, 3.8) is 0 Å². The van der Waals surface area contributed by atoms with Crippen LogP contribution in [0.3, 0.4) is 0 Å². The summed E-state index contributed by atoms with van der Waals surface area (Å²) in [5.74, 6) is -3.09. The molecule has 2 aromatic rings. The number of nitrogen functional groups attached to an aromatic ring is 1. The number of anilines is 2. The van der Waals surface area contributed by atoms with Crippen LogP contribution in [-0.2, 0) is 0 Å². The van der Waals surface area contributed by atoms with Gasteiger partial charge in [-0.25, -0.2) is 13.6 Å². The molecule has 2 fully saturated rings. The fourth-order valence-corrected chi connectivity index (χ4v) is 4.26. The van der Waals surface area contributed by atoms with Gasteiger partial charge in [-0.3, -0.25) is 4.79 Å². The summed E-state index contributed by atoms with van der Waals surface area (Å²) < 4.78 is 32.3. The molecule has 0 bridgehead atoms. The highest BCUT2D eigenvalue weighted by Gasteiger charge is 2.35. The lowest BCUT2D eigenvalue weighted by molar-refractivity contribution is 0.0695. The van der Waals surface area contributed by atoms with Gasteiger partial charge in [-0.2, -0.15) is 0 Å². The molecule has 7 nitrogen and oxygen atoms in total. The van der Waals surface area contributed by atoms with Crippen molar-refractivity contribution in [2.75, 3.05) is 30.8 Å². The van der Waals surface area contributed by atoms with E-state index in [1.165, 1.54) is 4.57 Å². The molecule has 2 heterocycles. The van der Waals surface area contributed by atoms with Gasteiger partial charge in [0.25, 0.3) is 0 Å². The maximum atomic E-state index is 15.7. The number of carboxylic acid groups (broad SMARTS) is 1. The van der Waals surface area contributed by atoms with Crippen LogP contribution in [0.2, 0.25) is 0 Å². The molecule has 29 heavy (non-hydrogen) atoms. The number of benzene rings is 1. The molecule has 4 N–H and O–H groups in total. The highest BCUT2D eigenvalue weighted by atomic mass is 19.1. The van der Waals surface area contributed by atoms with E-state index in [-0.39, 0.29) is 29.2 Å². The second-order valence-corrected chi connectivity index (χ2v) is 8.00. The van der Waals surface area contributed by atoms with Crippen LogP contribution in [-0.4, -0.2) is 41.8 Å². The van der Waals surface area contributed by atoms with E-state index < -0.39 is 39.7 Å². The predicted octanol–water partition coefficient (Wildman–Crippen LogP) is 2.33. The number of hydrogen-bond donors (Lipinski definition) is 3. The van der Waals surface area contributed by atoms with Gasteiger partial charge < -0.3 is 25.6 Å². The van der Waals surface area contributed by atoms with Crippen LogP contribution in [0.15, 0.2) is 11.0 Å². The van der Waals surface area contributed by atoms with Gasteiger partial charge in [0, 0.05) is 31.4 Å². The van der Waals surface area contributed by atoms with Crippen molar-refractivity contribution in [1.82, 2.24) is 9.88 Å². The quantitative estimate of drug-likeness (QED) is 0.659. The first kappa shape index (κ1) is 19.6. The van der Waals surface area contributed by atoms with E-state index in [1.54, 1.807) is 4.90 Å². The number of hydrogen-bond acceptors (Lipinski definition) is 5. The minimum absolute atomic E-state index is 0.110. The number of fused-ring (bicyclic) bond motifs is 1. The molecule has 1 saturated heterocycles. The number of nitrogens with two attached hydrogens (primary N) is 1. The normalized spacial score (nSPS) is 20.4. The number of halogens is 2. The number of carboxylic acids is 1. The number of aromatic carboxylic acids is 1. The third-order valence-corrected chi connectivity index (χ3v) is 6.24. The standard InChI is InChI=1S/C20H24F2N4O3/c1-9(24-2)10-5-6-25(7-10)18-14(21)16(23)13-17(15(18)22)26(11-3-4-11)8-12(19(13)27)20(28)29/h8-11,24H,3-7,23H2,1-2H3,(H,28,29)/t9-,10?/m0/s1. The van der Waals surface area contributed by atoms with Gasteiger partial charge in [0.1, 0.15) is 11.3 Å². The summed E-state index contributed by atoms with van der Waals surface area (Å²) in [7, 11) is 1.84. The Kier molecular flexibility index (Phi) is 4.72. The number of nitrogens with one attached hydrogen (secondary N) is 1. The van der Waals surface area contributed by atoms with E-state index in [9.17, 15) is 14.7 Å². The van der Waals surface area contributed by atoms with Crippen molar-refractivity contribution in [2.24, 2.45) is 5.92 Å². The molecule has 1 aliphatic carbocycles. The third kappa shape index (κ3) is 3.04. The summed E-state index contributed by atoms with van der Waals surface area (Å²) in [4.78, 5) is 25.8. The van der Waals surface area contributed by atoms with Crippen LogP contribution in [0.1, 0.15) is 42.6 Å². The van der Waals surface area contributed by atoms with Crippen molar-refractivity contribution >= 4 is 28.2 Å². The highest BCUT2D eigenvalue weighted by molar-refractivity contribution is 5.99. The van der Waals surface area contributed by atoms with Gasteiger partial charge in [0.2, 0.25) is 5.43 Å². The average Bonchev–Trinajstić information content (AvgIpc) is 3.42. The summed E-state index contributed by atoms with van der Waals surface area (Å²) in [6.07, 6.45) is 3.39. The first-order valence-corrected chi connectivity index (χ1v) is 9.77. The van der Waals surface area contributed by atoms with E-state index >= 15 is 8.78 Å². The van der Waals surface area contributed by atoms with Crippen molar-refractivity contribution in [3.8, 4) is 0 Å². The van der Waals surface area contributed by atoms with Gasteiger partial charge in [0.05, 0.1) is 16.6 Å². The zero-order valence-corrected chi connectivity index (χ0v) is 16.3. The Bertz CT molecular complexity index is 1060. The van der Waals surface area contributed by atoms with Crippen LogP contribution in [0, 0.1) is 17.6 Å². The average molecular weight is 406 g/mol. The molecule has 2 atom stereocenters. The third-order valence-electron chi connectivity index (χ3n) is 6.24. The lowest BCUT2D eigenvalue weighted by Gasteiger charge is -2.25. The zero-order chi connectivity index (χ0) is 21.0. The molecule has 156 valence electrons. The Morgan fingerprint density at radius 2 is 2.00 bits per heavy atom. The van der Waals surface area contributed by atoms with E-state index in [0.29, 0.717) is 13.1 Å². The molecule has 0 spiro atoms. The van der Waals surface area contributed by atoms with Gasteiger partial charge in [-0.1, -0.05) is 0 Å². The number of aromatic nitrogens is 1. The Morgan fingerprint density at radius 1 is 1.31 bits per heavy atom. The maximum Gasteiger partial charge on any atom is 0.341 e. The summed E-state index contributed by atoms with van der Waals surface area (Å²) in [6.45, 7) is 2.95. The summed E-state index contributed by atoms with van der Waals surface area (Å²) in [5, 5.41) is 12.1. The number of rotatable bonds is 5. The number of pyridine rings is 1. The predicted molar refractivity (Wildman–Crippen MR) is 107 cm³/mol. The molecule has 1 aliphatic heterocycles. The highest BCUT2D eigenvalue weighted by Crippen LogP contribution is 2.42. The van der Waals surface area contributed by atoms with Gasteiger partial charge >= 0.3 is 5.97 Å². The smallest absolute Gasteiger partial charge is 0.341 e. The minimum atomic E-state index is -1.45. The van der Waals surface area contributed by atoms with E-state index in [0.717, 1.165) is 25.5 Å². The minimum Gasteiger partial charge on any atom is -0.477 e. The SMILES string of the molecule is CN[C@@H](C)C1CCN(c2c(F)c(N)c3c(=O)c(C(=O)O)cn(C4CC4)c3c2F)C1. The largest absolute Gasteiger partial charge is 0.477 e. The summed E-state index contributed by atoms with van der Waals surface area (Å²) >= 11 is 0. The molecular weight excluding hydrogens is 382 g/mol. The molecule has 9 heteroatoms. The molecule has 2 aliphatic rings. The van der Waals surface area contributed by atoms with E-state index in [1.807, 2.05) is 14.0 Å². The lowest BCUT2D eigenvalue weighted by atomic mass is 10.0. The Hall–Kier alpha value is -2.68. The molecule has 0 amide bonds. The molecule has 1 unspecified atom stereocenters. The molecular formula is C20H24F2N4O3. The monoisotopic (exact) mass is 406 g/mol. The van der Waals surface area contributed by atoms with Crippen LogP contribution >= 0.6 is 0 Å². The van der Waals surface area contributed by atoms with Crippen LogP contribution in [0.5, 0.6) is 0 Å². The number of nitrogens with zero attached hydrogens (tertiary/aromatic N) is 2.